The van der Waals surface area contributed by atoms with Crippen molar-refractivity contribution in [1.29, 1.82) is 0 Å². The topological polar surface area (TPSA) is 55.6 Å². The molecule has 0 saturated carbocycles. The van der Waals surface area contributed by atoms with Crippen LogP contribution in [-0.2, 0) is 11.2 Å². The largest absolute Gasteiger partial charge is 0.444 e. The number of nitrogen functional groups attached to an aromatic ring is 1. The molecule has 1 aromatic rings. The van der Waals surface area contributed by atoms with E-state index in [-0.39, 0.29) is 6.09 Å². The second-order valence-corrected chi connectivity index (χ2v) is 6.10. The van der Waals surface area contributed by atoms with Crippen LogP contribution in [0.25, 0.3) is 0 Å². The first-order valence-corrected chi connectivity index (χ1v) is 7.06. The van der Waals surface area contributed by atoms with Crippen LogP contribution >= 0.6 is 0 Å². The molecule has 1 aromatic carbocycles. The average Bonchev–Trinajstić information content (AvgIpc) is 2.34. The molecular weight excluding hydrogens is 252 g/mol. The van der Waals surface area contributed by atoms with E-state index < -0.39 is 5.60 Å². The smallest absolute Gasteiger partial charge is 0.410 e. The lowest BCUT2D eigenvalue weighted by Crippen LogP contribution is -2.34. The fourth-order valence-electron chi connectivity index (χ4n) is 1.79. The maximum atomic E-state index is 11.8. The monoisotopic (exact) mass is 278 g/mol. The second kappa shape index (κ2) is 7.17. The summed E-state index contributed by atoms with van der Waals surface area (Å²) >= 11 is 0. The van der Waals surface area contributed by atoms with Gasteiger partial charge in [0.25, 0.3) is 0 Å². The molecule has 0 radical (unpaired) electrons. The van der Waals surface area contributed by atoms with Crippen LogP contribution in [-0.4, -0.2) is 30.2 Å². The van der Waals surface area contributed by atoms with Crippen molar-refractivity contribution in [2.75, 3.05) is 19.3 Å². The molecule has 20 heavy (non-hydrogen) atoms. The lowest BCUT2D eigenvalue weighted by Gasteiger charge is -2.24. The first-order valence-electron chi connectivity index (χ1n) is 7.06. The molecule has 0 spiro atoms. The highest BCUT2D eigenvalue weighted by molar-refractivity contribution is 5.67. The third kappa shape index (κ3) is 6.45. The number of carbonyl (C=O) groups excluding carboxylic acids is 1. The van der Waals surface area contributed by atoms with Crippen LogP contribution in [0.5, 0.6) is 0 Å². The number of rotatable bonds is 5. The van der Waals surface area contributed by atoms with Crippen molar-refractivity contribution >= 4 is 11.8 Å². The van der Waals surface area contributed by atoms with Gasteiger partial charge in [0, 0.05) is 19.3 Å². The van der Waals surface area contributed by atoms with E-state index in [1.54, 1.807) is 11.9 Å². The van der Waals surface area contributed by atoms with Crippen LogP contribution in [0.4, 0.5) is 10.5 Å². The van der Waals surface area contributed by atoms with Gasteiger partial charge in [-0.3, -0.25) is 0 Å². The van der Waals surface area contributed by atoms with Gasteiger partial charge in [-0.2, -0.15) is 0 Å². The van der Waals surface area contributed by atoms with Gasteiger partial charge in [0.2, 0.25) is 0 Å². The number of amides is 1. The summed E-state index contributed by atoms with van der Waals surface area (Å²) in [7, 11) is 1.78. The summed E-state index contributed by atoms with van der Waals surface area (Å²) in [5, 5.41) is 0. The van der Waals surface area contributed by atoms with Gasteiger partial charge in [-0.15, -0.1) is 0 Å². The molecule has 0 unspecified atom stereocenters. The van der Waals surface area contributed by atoms with Crippen LogP contribution < -0.4 is 5.73 Å². The number of anilines is 1. The van der Waals surface area contributed by atoms with Gasteiger partial charge < -0.3 is 15.4 Å². The van der Waals surface area contributed by atoms with Crippen molar-refractivity contribution in [3.05, 3.63) is 29.8 Å². The minimum atomic E-state index is -0.435. The Bertz CT molecular complexity index is 421. The zero-order valence-electron chi connectivity index (χ0n) is 13.0. The van der Waals surface area contributed by atoms with Gasteiger partial charge in [0.15, 0.2) is 0 Å². The Kier molecular flexibility index (Phi) is 5.86. The molecule has 4 heteroatoms. The van der Waals surface area contributed by atoms with Crippen LogP contribution in [0, 0.1) is 0 Å². The minimum absolute atomic E-state index is 0.259. The van der Waals surface area contributed by atoms with E-state index in [0.29, 0.717) is 6.54 Å². The Balaban J connectivity index is 2.23. The number of ether oxygens (including phenoxy) is 1. The third-order valence-electron chi connectivity index (χ3n) is 2.89. The molecule has 0 bridgehead atoms. The van der Waals surface area contributed by atoms with Crippen molar-refractivity contribution in [2.45, 2.75) is 45.6 Å². The summed E-state index contributed by atoms with van der Waals surface area (Å²) in [6.07, 6.45) is 2.74. The van der Waals surface area contributed by atoms with Gasteiger partial charge in [-0.25, -0.2) is 4.79 Å². The van der Waals surface area contributed by atoms with Crippen molar-refractivity contribution in [3.63, 3.8) is 0 Å². The highest BCUT2D eigenvalue weighted by Gasteiger charge is 2.18. The molecule has 0 atom stereocenters. The number of carbonyl (C=O) groups is 1. The molecule has 112 valence electrons. The number of hydrogen-bond acceptors (Lipinski definition) is 3. The van der Waals surface area contributed by atoms with Gasteiger partial charge in [0.1, 0.15) is 5.60 Å². The number of hydrogen-bond donors (Lipinski definition) is 1. The lowest BCUT2D eigenvalue weighted by molar-refractivity contribution is 0.0296. The molecule has 0 saturated heterocycles. The van der Waals surface area contributed by atoms with Crippen molar-refractivity contribution in [3.8, 4) is 0 Å². The Morgan fingerprint density at radius 2 is 1.80 bits per heavy atom. The van der Waals surface area contributed by atoms with E-state index in [0.717, 1.165) is 24.9 Å². The summed E-state index contributed by atoms with van der Waals surface area (Å²) in [5.74, 6) is 0. The number of aryl methyl sites for hydroxylation is 1. The SMILES string of the molecule is CN(CCCCc1ccc(N)cc1)C(=O)OC(C)(C)C. The quantitative estimate of drug-likeness (QED) is 0.663. The highest BCUT2D eigenvalue weighted by Crippen LogP contribution is 2.11. The average molecular weight is 278 g/mol. The summed E-state index contributed by atoms with van der Waals surface area (Å²) in [5.41, 5.74) is 7.28. The van der Waals surface area contributed by atoms with Gasteiger partial charge in [-0.1, -0.05) is 12.1 Å². The maximum absolute atomic E-state index is 11.8. The minimum Gasteiger partial charge on any atom is -0.444 e. The van der Waals surface area contributed by atoms with Gasteiger partial charge in [-0.05, 0) is 57.7 Å². The van der Waals surface area contributed by atoms with Crippen molar-refractivity contribution in [1.82, 2.24) is 4.90 Å². The van der Waals surface area contributed by atoms with Crippen LogP contribution in [0.3, 0.4) is 0 Å². The van der Waals surface area contributed by atoms with E-state index >= 15 is 0 Å². The molecule has 2 N–H and O–H groups in total. The first-order chi connectivity index (χ1) is 9.28. The predicted octanol–water partition coefficient (Wildman–Crippen LogP) is 3.46. The molecular formula is C16H26N2O2. The molecule has 4 nitrogen and oxygen atoms in total. The molecule has 1 amide bonds. The van der Waals surface area contributed by atoms with E-state index in [4.69, 9.17) is 10.5 Å². The zero-order chi connectivity index (χ0) is 15.2. The van der Waals surface area contributed by atoms with E-state index in [9.17, 15) is 4.79 Å². The van der Waals surface area contributed by atoms with E-state index in [2.05, 4.69) is 0 Å². The van der Waals surface area contributed by atoms with E-state index in [1.165, 1.54) is 5.56 Å². The van der Waals surface area contributed by atoms with Gasteiger partial charge in [0.05, 0.1) is 0 Å². The molecule has 0 aliphatic rings. The summed E-state index contributed by atoms with van der Waals surface area (Å²) in [6, 6.07) is 7.93. The second-order valence-electron chi connectivity index (χ2n) is 6.10. The normalized spacial score (nSPS) is 11.2. The van der Waals surface area contributed by atoms with Crippen molar-refractivity contribution in [2.24, 2.45) is 0 Å². The lowest BCUT2D eigenvalue weighted by atomic mass is 10.1. The predicted molar refractivity (Wildman–Crippen MR) is 82.7 cm³/mol. The first kappa shape index (κ1) is 16.3. The summed E-state index contributed by atoms with van der Waals surface area (Å²) < 4.78 is 5.30. The van der Waals surface area contributed by atoms with E-state index in [1.807, 2.05) is 45.0 Å². The highest BCUT2D eigenvalue weighted by atomic mass is 16.6. The molecule has 0 aromatic heterocycles. The number of nitrogens with two attached hydrogens (primary N) is 1. The zero-order valence-corrected chi connectivity index (χ0v) is 13.0. The van der Waals surface area contributed by atoms with Crippen LogP contribution in [0.1, 0.15) is 39.2 Å². The Hall–Kier alpha value is -1.71. The van der Waals surface area contributed by atoms with Crippen LogP contribution in [0.2, 0.25) is 0 Å². The Labute approximate surface area is 121 Å². The Morgan fingerprint density at radius 1 is 1.20 bits per heavy atom. The number of nitrogens with zero attached hydrogens (tertiary/aromatic N) is 1. The molecule has 0 heterocycles. The number of benzene rings is 1. The van der Waals surface area contributed by atoms with Gasteiger partial charge >= 0.3 is 6.09 Å². The standard InChI is InChI=1S/C16H26N2O2/c1-16(2,3)20-15(19)18(4)12-6-5-7-13-8-10-14(17)11-9-13/h8-11H,5-7,12,17H2,1-4H3. The molecule has 1 rings (SSSR count). The Morgan fingerprint density at radius 3 is 2.35 bits per heavy atom. The molecule has 0 aliphatic heterocycles. The number of unbranched alkanes of at least 4 members (excludes halogenated alkanes) is 1. The fourth-order valence-corrected chi connectivity index (χ4v) is 1.79. The fraction of sp³-hybridized carbons (Fsp3) is 0.562. The summed E-state index contributed by atoms with van der Waals surface area (Å²) in [6.45, 7) is 6.34. The molecule has 0 fully saturated rings. The third-order valence-corrected chi connectivity index (χ3v) is 2.89. The van der Waals surface area contributed by atoms with Crippen LogP contribution in [0.15, 0.2) is 24.3 Å². The van der Waals surface area contributed by atoms with Crippen molar-refractivity contribution < 1.29 is 9.53 Å². The maximum Gasteiger partial charge on any atom is 0.410 e. The molecule has 0 aliphatic carbocycles. The summed E-state index contributed by atoms with van der Waals surface area (Å²) in [4.78, 5) is 13.4.